The number of nitrogens with two attached hydrogens (primary N) is 1. The second-order valence-corrected chi connectivity index (χ2v) is 4.60. The van der Waals surface area contributed by atoms with Gasteiger partial charge in [0.2, 0.25) is 0 Å². The third kappa shape index (κ3) is 3.45. The summed E-state index contributed by atoms with van der Waals surface area (Å²) < 4.78 is 1.88. The summed E-state index contributed by atoms with van der Waals surface area (Å²) in [5, 5.41) is 2.98. The number of carbonyl (C=O) groups is 1. The molecule has 2 heterocycles. The Balaban J connectivity index is 2.02. The van der Waals surface area contributed by atoms with E-state index >= 15 is 0 Å². The van der Waals surface area contributed by atoms with Crippen LogP contribution in [0.4, 0.5) is 5.69 Å². The highest BCUT2D eigenvalue weighted by atomic mass is 35.5. The fourth-order valence-corrected chi connectivity index (χ4v) is 1.87. The van der Waals surface area contributed by atoms with Crippen LogP contribution in [0, 0.1) is 0 Å². The Labute approximate surface area is 115 Å². The van der Waals surface area contributed by atoms with E-state index in [-0.39, 0.29) is 22.7 Å². The smallest absolute Gasteiger partial charge is 0.254 e. The molecule has 19 heavy (non-hydrogen) atoms. The molecule has 0 radical (unpaired) electrons. The van der Waals surface area contributed by atoms with Gasteiger partial charge in [-0.05, 0) is 13.0 Å². The molecule has 1 amide bonds. The average Bonchev–Trinajstić information content (AvgIpc) is 2.84. The zero-order valence-electron chi connectivity index (χ0n) is 10.4. The molecule has 2 rings (SSSR count). The topological polar surface area (TPSA) is 85.8 Å². The number of hydrogen-bond acceptors (Lipinski definition) is 4. The first kappa shape index (κ1) is 13.4. The number of nitrogens with zero attached hydrogens (tertiary/aromatic N) is 3. The second-order valence-electron chi connectivity index (χ2n) is 4.24. The molecular weight excluding hydrogens is 266 g/mol. The molecule has 0 aliphatic carbocycles. The second kappa shape index (κ2) is 5.71. The fraction of sp³-hybridized carbons (Fsp3) is 0.250. The number of pyridine rings is 1. The summed E-state index contributed by atoms with van der Waals surface area (Å²) >= 11 is 5.87. The Bertz CT molecular complexity index is 570. The van der Waals surface area contributed by atoms with Gasteiger partial charge in [0.15, 0.2) is 0 Å². The summed E-state index contributed by atoms with van der Waals surface area (Å²) in [6.45, 7) is 2.52. The molecule has 2 aromatic rings. The molecule has 0 saturated carbocycles. The van der Waals surface area contributed by atoms with E-state index in [1.165, 1.54) is 12.3 Å². The SMILES string of the molecule is CC(Cn1ccnc1)NC(=O)c1cc(N)cnc1Cl. The van der Waals surface area contributed by atoms with Crippen molar-refractivity contribution in [2.45, 2.75) is 19.5 Å². The molecule has 6 nitrogen and oxygen atoms in total. The normalized spacial score (nSPS) is 12.1. The Hall–Kier alpha value is -2.08. The lowest BCUT2D eigenvalue weighted by Crippen LogP contribution is -2.35. The van der Waals surface area contributed by atoms with E-state index in [9.17, 15) is 4.79 Å². The first-order valence-corrected chi connectivity index (χ1v) is 6.11. The van der Waals surface area contributed by atoms with Crippen molar-refractivity contribution in [1.29, 1.82) is 0 Å². The minimum Gasteiger partial charge on any atom is -0.397 e. The van der Waals surface area contributed by atoms with Crippen molar-refractivity contribution in [1.82, 2.24) is 19.9 Å². The van der Waals surface area contributed by atoms with Crippen molar-refractivity contribution in [3.05, 3.63) is 41.7 Å². The van der Waals surface area contributed by atoms with Crippen molar-refractivity contribution in [3.63, 3.8) is 0 Å². The first-order valence-electron chi connectivity index (χ1n) is 5.74. The molecule has 0 aromatic carbocycles. The number of aromatic nitrogens is 3. The minimum absolute atomic E-state index is 0.0702. The first-order chi connectivity index (χ1) is 9.06. The van der Waals surface area contributed by atoms with Crippen LogP contribution in [0.3, 0.4) is 0 Å². The summed E-state index contributed by atoms with van der Waals surface area (Å²) in [5.74, 6) is -0.294. The summed E-state index contributed by atoms with van der Waals surface area (Å²) in [4.78, 5) is 19.8. The monoisotopic (exact) mass is 279 g/mol. The van der Waals surface area contributed by atoms with Crippen molar-refractivity contribution in [2.75, 3.05) is 5.73 Å². The minimum atomic E-state index is -0.294. The number of amides is 1. The largest absolute Gasteiger partial charge is 0.397 e. The number of anilines is 1. The van der Waals surface area contributed by atoms with E-state index in [1.54, 1.807) is 12.5 Å². The van der Waals surface area contributed by atoms with Crippen LogP contribution in [-0.2, 0) is 6.54 Å². The quantitative estimate of drug-likeness (QED) is 0.827. The molecule has 2 aromatic heterocycles. The predicted octanol–water partition coefficient (Wildman–Crippen LogP) is 1.33. The molecule has 0 spiro atoms. The highest BCUT2D eigenvalue weighted by Crippen LogP contribution is 2.15. The van der Waals surface area contributed by atoms with Gasteiger partial charge in [-0.1, -0.05) is 11.6 Å². The lowest BCUT2D eigenvalue weighted by Gasteiger charge is -2.15. The average molecular weight is 280 g/mol. The van der Waals surface area contributed by atoms with Gasteiger partial charge in [0, 0.05) is 25.0 Å². The molecule has 1 unspecified atom stereocenters. The number of nitrogens with one attached hydrogen (secondary N) is 1. The summed E-state index contributed by atoms with van der Waals surface area (Å²) in [6, 6.07) is 1.44. The molecule has 0 bridgehead atoms. The number of hydrogen-bond donors (Lipinski definition) is 2. The third-order valence-electron chi connectivity index (χ3n) is 2.53. The van der Waals surface area contributed by atoms with E-state index in [2.05, 4.69) is 15.3 Å². The van der Waals surface area contributed by atoms with Gasteiger partial charge < -0.3 is 15.6 Å². The van der Waals surface area contributed by atoms with Crippen LogP contribution in [-0.4, -0.2) is 26.5 Å². The van der Waals surface area contributed by atoms with E-state index in [0.717, 1.165) is 0 Å². The summed E-state index contributed by atoms with van der Waals surface area (Å²) in [7, 11) is 0. The van der Waals surface area contributed by atoms with Gasteiger partial charge in [0.05, 0.1) is 23.8 Å². The van der Waals surface area contributed by atoms with Gasteiger partial charge in [0.25, 0.3) is 5.91 Å². The Morgan fingerprint density at radius 1 is 1.63 bits per heavy atom. The van der Waals surface area contributed by atoms with Gasteiger partial charge >= 0.3 is 0 Å². The zero-order chi connectivity index (χ0) is 13.8. The molecular formula is C12H14ClN5O. The maximum Gasteiger partial charge on any atom is 0.254 e. The number of nitrogen functional groups attached to an aromatic ring is 1. The van der Waals surface area contributed by atoms with Crippen LogP contribution in [0.2, 0.25) is 5.15 Å². The van der Waals surface area contributed by atoms with Crippen molar-refractivity contribution in [2.24, 2.45) is 0 Å². The molecule has 100 valence electrons. The lowest BCUT2D eigenvalue weighted by molar-refractivity contribution is 0.0936. The van der Waals surface area contributed by atoms with Crippen molar-refractivity contribution in [3.8, 4) is 0 Å². The van der Waals surface area contributed by atoms with Crippen molar-refractivity contribution < 1.29 is 4.79 Å². The van der Waals surface area contributed by atoms with Gasteiger partial charge in [-0.15, -0.1) is 0 Å². The van der Waals surface area contributed by atoms with Gasteiger partial charge in [-0.25, -0.2) is 9.97 Å². The lowest BCUT2D eigenvalue weighted by atomic mass is 10.2. The van der Waals surface area contributed by atoms with E-state index in [4.69, 9.17) is 17.3 Å². The number of rotatable bonds is 4. The van der Waals surface area contributed by atoms with Gasteiger partial charge in [0.1, 0.15) is 5.15 Å². The predicted molar refractivity (Wildman–Crippen MR) is 72.8 cm³/mol. The zero-order valence-corrected chi connectivity index (χ0v) is 11.1. The standard InChI is InChI=1S/C12H14ClN5O/c1-8(6-18-3-2-15-7-18)17-12(19)10-4-9(14)5-16-11(10)13/h2-5,7-8H,6,14H2,1H3,(H,17,19). The van der Waals surface area contributed by atoms with E-state index in [0.29, 0.717) is 12.2 Å². The highest BCUT2D eigenvalue weighted by molar-refractivity contribution is 6.32. The van der Waals surface area contributed by atoms with Crippen LogP contribution in [0.1, 0.15) is 17.3 Å². The van der Waals surface area contributed by atoms with Crippen LogP contribution in [0.25, 0.3) is 0 Å². The maximum atomic E-state index is 12.0. The Kier molecular flexibility index (Phi) is 4.01. The van der Waals surface area contributed by atoms with E-state index in [1.807, 2.05) is 17.7 Å². The van der Waals surface area contributed by atoms with Gasteiger partial charge in [-0.2, -0.15) is 0 Å². The summed E-state index contributed by atoms with van der Waals surface area (Å²) in [5.41, 5.74) is 6.27. The van der Waals surface area contributed by atoms with Crippen LogP contribution >= 0.6 is 11.6 Å². The van der Waals surface area contributed by atoms with Crippen LogP contribution < -0.4 is 11.1 Å². The number of halogens is 1. The van der Waals surface area contributed by atoms with Crippen molar-refractivity contribution >= 4 is 23.2 Å². The summed E-state index contributed by atoms with van der Waals surface area (Å²) in [6.07, 6.45) is 6.62. The van der Waals surface area contributed by atoms with Crippen LogP contribution in [0.5, 0.6) is 0 Å². The third-order valence-corrected chi connectivity index (χ3v) is 2.83. The molecule has 7 heteroatoms. The molecule has 1 atom stereocenters. The highest BCUT2D eigenvalue weighted by Gasteiger charge is 2.14. The Morgan fingerprint density at radius 2 is 2.42 bits per heavy atom. The number of imidazole rings is 1. The van der Waals surface area contributed by atoms with Crippen LogP contribution in [0.15, 0.2) is 31.0 Å². The molecule has 3 N–H and O–H groups in total. The molecule has 0 aliphatic rings. The maximum absolute atomic E-state index is 12.0. The fourth-order valence-electron chi connectivity index (χ4n) is 1.68. The molecule has 0 fully saturated rings. The molecule has 0 saturated heterocycles. The number of carbonyl (C=O) groups excluding carboxylic acids is 1. The Morgan fingerprint density at radius 3 is 3.11 bits per heavy atom. The molecule has 0 aliphatic heterocycles. The van der Waals surface area contributed by atoms with Gasteiger partial charge in [-0.3, -0.25) is 4.79 Å². The van der Waals surface area contributed by atoms with E-state index < -0.39 is 0 Å².